The van der Waals surface area contributed by atoms with Crippen molar-refractivity contribution in [3.63, 3.8) is 0 Å². The van der Waals surface area contributed by atoms with Crippen LogP contribution in [-0.4, -0.2) is 36.5 Å². The van der Waals surface area contributed by atoms with E-state index in [-0.39, 0.29) is 0 Å². The molecule has 1 aromatic carbocycles. The molecule has 104 valence electrons. The molecule has 3 N–H and O–H groups in total. The quantitative estimate of drug-likeness (QED) is 0.645. The summed E-state index contributed by atoms with van der Waals surface area (Å²) in [5, 5.41) is 3.10. The second-order valence-electron chi connectivity index (χ2n) is 5.14. The number of nitrogens with two attached hydrogens (primary N) is 1. The van der Waals surface area contributed by atoms with Crippen LogP contribution in [0.25, 0.3) is 0 Å². The molecular weight excluding hydrogens is 236 g/mol. The average Bonchev–Trinajstić information content (AvgIpc) is 2.42. The first-order valence-electron chi connectivity index (χ1n) is 7.12. The van der Waals surface area contributed by atoms with Crippen molar-refractivity contribution in [1.29, 1.82) is 0 Å². The molecule has 19 heavy (non-hydrogen) atoms. The monoisotopic (exact) mass is 260 g/mol. The van der Waals surface area contributed by atoms with Gasteiger partial charge in [-0.2, -0.15) is 0 Å². The summed E-state index contributed by atoms with van der Waals surface area (Å²) in [7, 11) is 0. The van der Waals surface area contributed by atoms with Gasteiger partial charge in [0.25, 0.3) is 0 Å². The Morgan fingerprint density at radius 3 is 2.89 bits per heavy atom. The molecule has 0 aromatic heterocycles. The van der Waals surface area contributed by atoms with E-state index in [0.717, 1.165) is 18.8 Å². The molecule has 1 saturated heterocycles. The van der Waals surface area contributed by atoms with Gasteiger partial charge in [0.2, 0.25) is 0 Å². The van der Waals surface area contributed by atoms with Gasteiger partial charge in [0.1, 0.15) is 0 Å². The van der Waals surface area contributed by atoms with Crippen LogP contribution in [0.5, 0.6) is 0 Å². The fourth-order valence-corrected chi connectivity index (χ4v) is 2.50. The Morgan fingerprint density at radius 1 is 1.37 bits per heavy atom. The largest absolute Gasteiger partial charge is 0.370 e. The van der Waals surface area contributed by atoms with Crippen LogP contribution in [0.1, 0.15) is 26.2 Å². The number of anilines is 1. The molecule has 0 aliphatic carbocycles. The maximum atomic E-state index is 5.88. The molecule has 1 atom stereocenters. The molecule has 0 spiro atoms. The first kappa shape index (κ1) is 13.9. The zero-order valence-corrected chi connectivity index (χ0v) is 11.7. The fraction of sp³-hybridized carbons (Fsp3) is 0.533. The molecule has 1 unspecified atom stereocenters. The third kappa shape index (κ3) is 4.56. The van der Waals surface area contributed by atoms with Gasteiger partial charge < -0.3 is 11.1 Å². The summed E-state index contributed by atoms with van der Waals surface area (Å²) in [6, 6.07) is 10.6. The lowest BCUT2D eigenvalue weighted by Crippen LogP contribution is -2.39. The molecule has 0 amide bonds. The van der Waals surface area contributed by atoms with Crippen molar-refractivity contribution in [2.75, 3.05) is 25.0 Å². The lowest BCUT2D eigenvalue weighted by atomic mass is 10.0. The van der Waals surface area contributed by atoms with Crippen LogP contribution in [0.4, 0.5) is 5.69 Å². The van der Waals surface area contributed by atoms with Crippen LogP contribution >= 0.6 is 0 Å². The summed E-state index contributed by atoms with van der Waals surface area (Å²) in [5.41, 5.74) is 6.86. The number of hydrogen-bond donors (Lipinski definition) is 2. The van der Waals surface area contributed by atoms with Crippen LogP contribution in [0, 0.1) is 0 Å². The lowest BCUT2D eigenvalue weighted by Gasteiger charge is -2.32. The van der Waals surface area contributed by atoms with Gasteiger partial charge in [-0.25, -0.2) is 0 Å². The molecule has 4 nitrogen and oxygen atoms in total. The van der Waals surface area contributed by atoms with Crippen molar-refractivity contribution in [3.8, 4) is 0 Å². The number of benzene rings is 1. The maximum absolute atomic E-state index is 5.88. The van der Waals surface area contributed by atoms with Gasteiger partial charge in [0.05, 0.1) is 6.54 Å². The van der Waals surface area contributed by atoms with Gasteiger partial charge >= 0.3 is 0 Å². The molecule has 0 bridgehead atoms. The molecule has 2 rings (SSSR count). The van der Waals surface area contributed by atoms with Crippen molar-refractivity contribution >= 4 is 11.6 Å². The highest BCUT2D eigenvalue weighted by atomic mass is 15.2. The van der Waals surface area contributed by atoms with Crippen molar-refractivity contribution < 1.29 is 0 Å². The minimum absolute atomic E-state index is 0.496. The first-order chi connectivity index (χ1) is 9.25. The van der Waals surface area contributed by atoms with Gasteiger partial charge in [-0.3, -0.25) is 9.89 Å². The Bertz CT molecular complexity index is 402. The van der Waals surface area contributed by atoms with E-state index in [1.165, 1.54) is 25.8 Å². The van der Waals surface area contributed by atoms with Gasteiger partial charge in [-0.1, -0.05) is 24.6 Å². The number of aliphatic imine (C=N–C) groups is 1. The number of nitrogens with zero attached hydrogens (tertiary/aromatic N) is 2. The van der Waals surface area contributed by atoms with E-state index < -0.39 is 0 Å². The van der Waals surface area contributed by atoms with E-state index >= 15 is 0 Å². The second-order valence-corrected chi connectivity index (χ2v) is 5.14. The predicted molar refractivity (Wildman–Crippen MR) is 81.4 cm³/mol. The molecule has 1 aliphatic heterocycles. The zero-order valence-electron chi connectivity index (χ0n) is 11.7. The third-order valence-electron chi connectivity index (χ3n) is 3.66. The second kappa shape index (κ2) is 7.14. The number of piperidine rings is 1. The van der Waals surface area contributed by atoms with Crippen LogP contribution < -0.4 is 11.1 Å². The van der Waals surface area contributed by atoms with Crippen LogP contribution in [0.15, 0.2) is 35.3 Å². The van der Waals surface area contributed by atoms with Crippen molar-refractivity contribution in [1.82, 2.24) is 4.90 Å². The zero-order chi connectivity index (χ0) is 13.5. The summed E-state index contributed by atoms with van der Waals surface area (Å²) in [4.78, 5) is 6.89. The van der Waals surface area contributed by atoms with Crippen molar-refractivity contribution in [2.45, 2.75) is 32.2 Å². The Balaban J connectivity index is 1.75. The van der Waals surface area contributed by atoms with Crippen molar-refractivity contribution in [2.24, 2.45) is 10.7 Å². The number of rotatable bonds is 4. The van der Waals surface area contributed by atoms with Gasteiger partial charge in [-0.15, -0.1) is 0 Å². The Morgan fingerprint density at radius 2 is 2.16 bits per heavy atom. The van der Waals surface area contributed by atoms with E-state index in [0.29, 0.717) is 12.0 Å². The number of nitrogens with one attached hydrogen (secondary N) is 1. The van der Waals surface area contributed by atoms with Gasteiger partial charge in [0, 0.05) is 18.3 Å². The maximum Gasteiger partial charge on any atom is 0.193 e. The Kier molecular flexibility index (Phi) is 5.21. The summed E-state index contributed by atoms with van der Waals surface area (Å²) >= 11 is 0. The third-order valence-corrected chi connectivity index (χ3v) is 3.66. The molecule has 0 saturated carbocycles. The Labute approximate surface area is 115 Å². The highest BCUT2D eigenvalue weighted by Crippen LogP contribution is 2.15. The lowest BCUT2D eigenvalue weighted by molar-refractivity contribution is 0.166. The summed E-state index contributed by atoms with van der Waals surface area (Å²) in [6.07, 6.45) is 3.98. The average molecular weight is 260 g/mol. The molecule has 1 heterocycles. The van der Waals surface area contributed by atoms with E-state index in [1.54, 1.807) is 0 Å². The van der Waals surface area contributed by atoms with E-state index in [2.05, 4.69) is 22.1 Å². The molecule has 4 heteroatoms. The van der Waals surface area contributed by atoms with Crippen LogP contribution in [-0.2, 0) is 0 Å². The minimum atomic E-state index is 0.496. The smallest absolute Gasteiger partial charge is 0.193 e. The van der Waals surface area contributed by atoms with Crippen LogP contribution in [0.2, 0.25) is 0 Å². The summed E-state index contributed by atoms with van der Waals surface area (Å²) in [5.74, 6) is 0.496. The standard InChI is InChI=1S/C15H24N4/c1-13-7-5-6-11-19(13)12-10-17-15(16)18-14-8-3-2-4-9-14/h2-4,8-9,13H,5-7,10-12H2,1H3,(H3,16,17,18). The molecule has 1 aliphatic rings. The van der Waals surface area contributed by atoms with E-state index in [1.807, 2.05) is 30.3 Å². The topological polar surface area (TPSA) is 53.6 Å². The number of likely N-dealkylation sites (tertiary alicyclic amines) is 1. The summed E-state index contributed by atoms with van der Waals surface area (Å²) < 4.78 is 0. The minimum Gasteiger partial charge on any atom is -0.370 e. The van der Waals surface area contributed by atoms with E-state index in [9.17, 15) is 0 Å². The molecule has 0 radical (unpaired) electrons. The predicted octanol–water partition coefficient (Wildman–Crippen LogP) is 2.29. The fourth-order valence-electron chi connectivity index (χ4n) is 2.50. The normalized spacial score (nSPS) is 21.3. The SMILES string of the molecule is CC1CCCCN1CCN=C(N)Nc1ccccc1. The Hall–Kier alpha value is -1.55. The van der Waals surface area contributed by atoms with Crippen LogP contribution in [0.3, 0.4) is 0 Å². The van der Waals surface area contributed by atoms with E-state index in [4.69, 9.17) is 5.73 Å². The highest BCUT2D eigenvalue weighted by molar-refractivity contribution is 5.92. The molecule has 1 aromatic rings. The number of para-hydroxylation sites is 1. The molecular formula is C15H24N4. The number of hydrogen-bond acceptors (Lipinski definition) is 2. The van der Waals surface area contributed by atoms with Gasteiger partial charge in [-0.05, 0) is 38.4 Å². The summed E-state index contributed by atoms with van der Waals surface area (Å²) in [6.45, 7) is 5.26. The number of guanidine groups is 1. The highest BCUT2D eigenvalue weighted by Gasteiger charge is 2.16. The van der Waals surface area contributed by atoms with Crippen molar-refractivity contribution in [3.05, 3.63) is 30.3 Å². The first-order valence-corrected chi connectivity index (χ1v) is 7.12. The van der Waals surface area contributed by atoms with Gasteiger partial charge in [0.15, 0.2) is 5.96 Å². The molecule has 1 fully saturated rings.